The Balaban J connectivity index is 2.76. The van der Waals surface area contributed by atoms with Gasteiger partial charge in [0.25, 0.3) is 0 Å². The third-order valence-electron chi connectivity index (χ3n) is 3.05. The van der Waals surface area contributed by atoms with Gasteiger partial charge in [-0.25, -0.2) is 0 Å². The van der Waals surface area contributed by atoms with Crippen molar-refractivity contribution >= 4 is 5.91 Å². The van der Waals surface area contributed by atoms with E-state index in [1.165, 1.54) is 5.56 Å². The van der Waals surface area contributed by atoms with Gasteiger partial charge in [0.2, 0.25) is 5.91 Å². The zero-order chi connectivity index (χ0) is 13.9. The SMILES string of the molecule is CC(NC(=O)[C@H](C)N)c1ccc(C(C)(C)C)cc1. The van der Waals surface area contributed by atoms with Gasteiger partial charge in [-0.3, -0.25) is 4.79 Å². The van der Waals surface area contributed by atoms with E-state index in [1.807, 2.05) is 6.92 Å². The molecule has 0 saturated carbocycles. The fourth-order valence-corrected chi connectivity index (χ4v) is 1.70. The Morgan fingerprint density at radius 3 is 2.06 bits per heavy atom. The van der Waals surface area contributed by atoms with Crippen LogP contribution in [0.15, 0.2) is 24.3 Å². The van der Waals surface area contributed by atoms with Crippen molar-refractivity contribution < 1.29 is 4.79 Å². The zero-order valence-electron chi connectivity index (χ0n) is 11.9. The largest absolute Gasteiger partial charge is 0.348 e. The molecule has 1 aromatic rings. The Morgan fingerprint density at radius 2 is 1.67 bits per heavy atom. The van der Waals surface area contributed by atoms with E-state index in [0.29, 0.717) is 0 Å². The Kier molecular flexibility index (Phi) is 4.52. The number of amides is 1. The maximum Gasteiger partial charge on any atom is 0.237 e. The topological polar surface area (TPSA) is 55.1 Å². The summed E-state index contributed by atoms with van der Waals surface area (Å²) in [4.78, 5) is 11.5. The fraction of sp³-hybridized carbons (Fsp3) is 0.533. The molecule has 1 rings (SSSR count). The third kappa shape index (κ3) is 3.84. The van der Waals surface area contributed by atoms with Gasteiger partial charge < -0.3 is 11.1 Å². The summed E-state index contributed by atoms with van der Waals surface area (Å²) in [5.74, 6) is -0.123. The normalized spacial score (nSPS) is 15.0. The molecule has 0 aromatic heterocycles. The molecule has 1 unspecified atom stereocenters. The molecule has 3 N–H and O–H groups in total. The van der Waals surface area contributed by atoms with Gasteiger partial charge in [0.15, 0.2) is 0 Å². The average molecular weight is 248 g/mol. The van der Waals surface area contributed by atoms with Gasteiger partial charge in [0.05, 0.1) is 12.1 Å². The zero-order valence-corrected chi connectivity index (χ0v) is 11.9. The first-order valence-corrected chi connectivity index (χ1v) is 6.38. The number of benzene rings is 1. The summed E-state index contributed by atoms with van der Waals surface area (Å²) in [6, 6.07) is 7.87. The van der Waals surface area contributed by atoms with E-state index in [0.717, 1.165) is 5.56 Å². The molecule has 0 radical (unpaired) electrons. The first-order chi connectivity index (χ1) is 8.21. The lowest BCUT2D eigenvalue weighted by atomic mass is 9.86. The molecule has 0 fully saturated rings. The molecular weight excluding hydrogens is 224 g/mol. The van der Waals surface area contributed by atoms with Crippen LogP contribution in [0, 0.1) is 0 Å². The number of carbonyl (C=O) groups is 1. The monoisotopic (exact) mass is 248 g/mol. The second kappa shape index (κ2) is 5.53. The standard InChI is InChI=1S/C15H24N2O/c1-10(16)14(18)17-11(2)12-6-8-13(9-7-12)15(3,4)5/h6-11H,16H2,1-5H3,(H,17,18)/t10-,11?/m0/s1. The lowest BCUT2D eigenvalue weighted by Crippen LogP contribution is -2.39. The molecule has 0 heterocycles. The van der Waals surface area contributed by atoms with Crippen LogP contribution in [0.2, 0.25) is 0 Å². The van der Waals surface area contributed by atoms with E-state index in [-0.39, 0.29) is 17.4 Å². The van der Waals surface area contributed by atoms with Gasteiger partial charge in [-0.1, -0.05) is 45.0 Å². The third-order valence-corrected chi connectivity index (χ3v) is 3.05. The van der Waals surface area contributed by atoms with Crippen LogP contribution < -0.4 is 11.1 Å². The van der Waals surface area contributed by atoms with Gasteiger partial charge in [-0.05, 0) is 30.4 Å². The number of carbonyl (C=O) groups excluding carboxylic acids is 1. The van der Waals surface area contributed by atoms with Crippen molar-refractivity contribution in [2.45, 2.75) is 52.1 Å². The first-order valence-electron chi connectivity index (χ1n) is 6.38. The van der Waals surface area contributed by atoms with Crippen molar-refractivity contribution in [3.8, 4) is 0 Å². The van der Waals surface area contributed by atoms with Crippen molar-refractivity contribution in [3.05, 3.63) is 35.4 Å². The van der Waals surface area contributed by atoms with Crippen molar-refractivity contribution in [1.82, 2.24) is 5.32 Å². The molecule has 3 nitrogen and oxygen atoms in total. The highest BCUT2D eigenvalue weighted by molar-refractivity contribution is 5.81. The molecule has 0 spiro atoms. The van der Waals surface area contributed by atoms with Crippen LogP contribution >= 0.6 is 0 Å². The highest BCUT2D eigenvalue weighted by Crippen LogP contribution is 2.23. The van der Waals surface area contributed by atoms with E-state index in [9.17, 15) is 4.79 Å². The minimum absolute atomic E-state index is 0.0162. The fourth-order valence-electron chi connectivity index (χ4n) is 1.70. The Morgan fingerprint density at radius 1 is 1.17 bits per heavy atom. The molecule has 100 valence electrons. The van der Waals surface area contributed by atoms with Crippen LogP contribution in [0.1, 0.15) is 51.8 Å². The Labute approximate surface area is 110 Å². The summed E-state index contributed by atoms with van der Waals surface area (Å²) in [6.45, 7) is 10.2. The van der Waals surface area contributed by atoms with Crippen LogP contribution in [0.4, 0.5) is 0 Å². The number of nitrogens with one attached hydrogen (secondary N) is 1. The summed E-state index contributed by atoms with van der Waals surface area (Å²) in [5.41, 5.74) is 8.06. The molecule has 3 heteroatoms. The minimum Gasteiger partial charge on any atom is -0.348 e. The predicted molar refractivity (Wildman–Crippen MR) is 75.3 cm³/mol. The number of hydrogen-bond donors (Lipinski definition) is 2. The molecule has 0 aliphatic rings. The molecule has 1 aromatic carbocycles. The minimum atomic E-state index is -0.471. The lowest BCUT2D eigenvalue weighted by molar-refractivity contribution is -0.122. The average Bonchev–Trinajstić information content (AvgIpc) is 2.27. The van der Waals surface area contributed by atoms with Crippen molar-refractivity contribution in [1.29, 1.82) is 0 Å². The molecule has 0 aliphatic heterocycles. The Bertz CT molecular complexity index is 401. The number of nitrogens with two attached hydrogens (primary N) is 1. The maximum absolute atomic E-state index is 11.5. The molecule has 1 amide bonds. The number of hydrogen-bond acceptors (Lipinski definition) is 2. The highest BCUT2D eigenvalue weighted by atomic mass is 16.2. The molecule has 0 saturated heterocycles. The summed E-state index contributed by atoms with van der Waals surface area (Å²) >= 11 is 0. The molecule has 0 aliphatic carbocycles. The quantitative estimate of drug-likeness (QED) is 0.863. The van der Waals surface area contributed by atoms with E-state index in [2.05, 4.69) is 50.4 Å². The molecule has 2 atom stereocenters. The second-order valence-electron chi connectivity index (χ2n) is 5.89. The van der Waals surface area contributed by atoms with Gasteiger partial charge in [-0.2, -0.15) is 0 Å². The van der Waals surface area contributed by atoms with Gasteiger partial charge >= 0.3 is 0 Å². The summed E-state index contributed by atoms with van der Waals surface area (Å²) < 4.78 is 0. The predicted octanol–water partition coefficient (Wildman–Crippen LogP) is 2.51. The first kappa shape index (κ1) is 14.7. The summed E-state index contributed by atoms with van der Waals surface area (Å²) in [5, 5.41) is 2.89. The molecular formula is C15H24N2O. The Hall–Kier alpha value is -1.35. The van der Waals surface area contributed by atoms with Crippen LogP contribution in [0.3, 0.4) is 0 Å². The van der Waals surface area contributed by atoms with Gasteiger partial charge in [0, 0.05) is 0 Å². The van der Waals surface area contributed by atoms with Crippen LogP contribution in [-0.2, 0) is 10.2 Å². The van der Waals surface area contributed by atoms with E-state index in [1.54, 1.807) is 6.92 Å². The second-order valence-corrected chi connectivity index (χ2v) is 5.89. The van der Waals surface area contributed by atoms with Crippen LogP contribution in [0.5, 0.6) is 0 Å². The van der Waals surface area contributed by atoms with E-state index in [4.69, 9.17) is 5.73 Å². The molecule has 0 bridgehead atoms. The van der Waals surface area contributed by atoms with E-state index >= 15 is 0 Å². The lowest BCUT2D eigenvalue weighted by Gasteiger charge is -2.21. The van der Waals surface area contributed by atoms with Gasteiger partial charge in [0.1, 0.15) is 0 Å². The van der Waals surface area contributed by atoms with Crippen LogP contribution in [-0.4, -0.2) is 11.9 Å². The van der Waals surface area contributed by atoms with Crippen LogP contribution in [0.25, 0.3) is 0 Å². The van der Waals surface area contributed by atoms with Crippen molar-refractivity contribution in [3.63, 3.8) is 0 Å². The smallest absolute Gasteiger partial charge is 0.237 e. The summed E-state index contributed by atoms with van der Waals surface area (Å²) in [6.07, 6.45) is 0. The maximum atomic E-state index is 11.5. The van der Waals surface area contributed by atoms with Gasteiger partial charge in [-0.15, -0.1) is 0 Å². The molecule has 18 heavy (non-hydrogen) atoms. The van der Waals surface area contributed by atoms with Crippen molar-refractivity contribution in [2.24, 2.45) is 5.73 Å². The summed E-state index contributed by atoms with van der Waals surface area (Å²) in [7, 11) is 0. The van der Waals surface area contributed by atoms with Crippen molar-refractivity contribution in [2.75, 3.05) is 0 Å². The number of rotatable bonds is 3. The van der Waals surface area contributed by atoms with E-state index < -0.39 is 6.04 Å². The highest BCUT2D eigenvalue weighted by Gasteiger charge is 2.15.